The van der Waals surface area contributed by atoms with Crippen molar-refractivity contribution >= 4 is 30.0 Å². The zero-order valence-corrected chi connectivity index (χ0v) is 11.4. The number of carbonyl (C=O) groups excluding carboxylic acids is 1. The van der Waals surface area contributed by atoms with Crippen LogP contribution < -0.4 is 10.6 Å². The van der Waals surface area contributed by atoms with Crippen molar-refractivity contribution in [2.75, 3.05) is 4.90 Å². The highest BCUT2D eigenvalue weighted by Crippen LogP contribution is 2.28. The molecule has 0 aromatic heterocycles. The smallest absolute Gasteiger partial charge is 0.326 e. The summed E-state index contributed by atoms with van der Waals surface area (Å²) < 4.78 is 0. The topological polar surface area (TPSA) is 83.6 Å². The molecule has 1 aliphatic heterocycles. The zero-order chi connectivity index (χ0) is 13.3. The fraction of sp³-hybridized carbons (Fsp3) is 0.385. The number of fused-ring (bicyclic) bond motifs is 1. The third-order valence-corrected chi connectivity index (χ3v) is 3.28. The van der Waals surface area contributed by atoms with E-state index in [2.05, 4.69) is 0 Å². The maximum absolute atomic E-state index is 12.2. The summed E-state index contributed by atoms with van der Waals surface area (Å²) in [6.07, 6.45) is 1.23. The SMILES string of the molecule is CC(C(=O)O)N1C(=O)C(N)CCc2ccccc21.Cl. The summed E-state index contributed by atoms with van der Waals surface area (Å²) in [5.74, 6) is -1.36. The lowest BCUT2D eigenvalue weighted by Gasteiger charge is -2.28. The monoisotopic (exact) mass is 284 g/mol. The molecule has 2 atom stereocenters. The third-order valence-electron chi connectivity index (χ3n) is 3.28. The quantitative estimate of drug-likeness (QED) is 0.854. The summed E-state index contributed by atoms with van der Waals surface area (Å²) in [6.45, 7) is 1.50. The number of aryl methyl sites for hydroxylation is 1. The van der Waals surface area contributed by atoms with Gasteiger partial charge in [-0.2, -0.15) is 0 Å². The molecule has 2 rings (SSSR count). The summed E-state index contributed by atoms with van der Waals surface area (Å²) in [4.78, 5) is 24.6. The van der Waals surface area contributed by atoms with Gasteiger partial charge in [-0.15, -0.1) is 12.4 Å². The van der Waals surface area contributed by atoms with Crippen molar-refractivity contribution in [3.63, 3.8) is 0 Å². The Kier molecular flexibility index (Phi) is 4.91. The van der Waals surface area contributed by atoms with Crippen molar-refractivity contribution in [3.05, 3.63) is 29.8 Å². The van der Waals surface area contributed by atoms with E-state index in [9.17, 15) is 9.59 Å². The van der Waals surface area contributed by atoms with Crippen LogP contribution in [0.5, 0.6) is 0 Å². The number of para-hydroxylation sites is 1. The minimum absolute atomic E-state index is 0. The zero-order valence-electron chi connectivity index (χ0n) is 10.6. The minimum atomic E-state index is -1.03. The summed E-state index contributed by atoms with van der Waals surface area (Å²) >= 11 is 0. The van der Waals surface area contributed by atoms with E-state index in [0.717, 1.165) is 5.56 Å². The largest absolute Gasteiger partial charge is 0.480 e. The van der Waals surface area contributed by atoms with Gasteiger partial charge in [-0.1, -0.05) is 18.2 Å². The molecule has 104 valence electrons. The predicted octanol–water partition coefficient (Wildman–Crippen LogP) is 1.19. The van der Waals surface area contributed by atoms with Crippen molar-refractivity contribution in [3.8, 4) is 0 Å². The first-order chi connectivity index (χ1) is 8.52. The van der Waals surface area contributed by atoms with Crippen LogP contribution in [0, 0.1) is 0 Å². The van der Waals surface area contributed by atoms with Gasteiger partial charge in [0, 0.05) is 5.69 Å². The lowest BCUT2D eigenvalue weighted by molar-refractivity contribution is -0.139. The lowest BCUT2D eigenvalue weighted by Crippen LogP contribution is -2.50. The van der Waals surface area contributed by atoms with Crippen LogP contribution >= 0.6 is 12.4 Å². The Morgan fingerprint density at radius 1 is 1.47 bits per heavy atom. The van der Waals surface area contributed by atoms with Crippen LogP contribution in [0.4, 0.5) is 5.69 Å². The van der Waals surface area contributed by atoms with Gasteiger partial charge < -0.3 is 10.8 Å². The number of rotatable bonds is 2. The molecule has 19 heavy (non-hydrogen) atoms. The van der Waals surface area contributed by atoms with E-state index in [4.69, 9.17) is 10.8 Å². The normalized spacial score (nSPS) is 20.0. The Hall–Kier alpha value is -1.59. The van der Waals surface area contributed by atoms with Gasteiger partial charge in [-0.3, -0.25) is 9.69 Å². The minimum Gasteiger partial charge on any atom is -0.480 e. The van der Waals surface area contributed by atoms with Crippen LogP contribution in [-0.4, -0.2) is 29.1 Å². The molecular formula is C13H17ClN2O3. The first-order valence-electron chi connectivity index (χ1n) is 5.91. The molecule has 1 aliphatic rings. The molecule has 3 N–H and O–H groups in total. The lowest BCUT2D eigenvalue weighted by atomic mass is 10.1. The molecular weight excluding hydrogens is 268 g/mol. The van der Waals surface area contributed by atoms with Crippen LogP contribution in [0.1, 0.15) is 18.9 Å². The van der Waals surface area contributed by atoms with Gasteiger partial charge >= 0.3 is 5.97 Å². The number of carboxylic acid groups (broad SMARTS) is 1. The summed E-state index contributed by atoms with van der Waals surface area (Å²) in [5, 5.41) is 9.12. The Labute approximate surface area is 117 Å². The van der Waals surface area contributed by atoms with E-state index >= 15 is 0 Å². The van der Waals surface area contributed by atoms with Gasteiger partial charge in [0.25, 0.3) is 0 Å². The van der Waals surface area contributed by atoms with Crippen molar-refractivity contribution in [1.82, 2.24) is 0 Å². The molecule has 0 fully saturated rings. The third kappa shape index (κ3) is 2.88. The first kappa shape index (κ1) is 15.5. The van der Waals surface area contributed by atoms with Gasteiger partial charge in [-0.25, -0.2) is 4.79 Å². The highest BCUT2D eigenvalue weighted by atomic mass is 35.5. The molecule has 0 radical (unpaired) electrons. The van der Waals surface area contributed by atoms with E-state index in [0.29, 0.717) is 18.5 Å². The molecule has 0 saturated heterocycles. The number of anilines is 1. The number of hydrogen-bond acceptors (Lipinski definition) is 3. The highest BCUT2D eigenvalue weighted by molar-refractivity contribution is 6.02. The predicted molar refractivity (Wildman–Crippen MR) is 74.6 cm³/mol. The molecule has 1 aromatic rings. The maximum atomic E-state index is 12.2. The van der Waals surface area contributed by atoms with E-state index in [1.54, 1.807) is 12.1 Å². The Bertz CT molecular complexity index is 493. The molecule has 1 aromatic carbocycles. The van der Waals surface area contributed by atoms with Gasteiger partial charge in [0.05, 0.1) is 6.04 Å². The van der Waals surface area contributed by atoms with Gasteiger partial charge in [0.15, 0.2) is 0 Å². The van der Waals surface area contributed by atoms with Crippen LogP contribution in [0.25, 0.3) is 0 Å². The fourth-order valence-electron chi connectivity index (χ4n) is 2.20. The number of nitrogens with zero attached hydrogens (tertiary/aromatic N) is 1. The number of nitrogens with two attached hydrogens (primary N) is 1. The molecule has 0 aliphatic carbocycles. The van der Waals surface area contributed by atoms with E-state index < -0.39 is 18.1 Å². The van der Waals surface area contributed by atoms with Crippen molar-refractivity contribution in [2.45, 2.75) is 31.8 Å². The molecule has 0 spiro atoms. The Balaban J connectivity index is 0.00000180. The summed E-state index contributed by atoms with van der Waals surface area (Å²) in [6, 6.07) is 5.79. The number of halogens is 1. The first-order valence-corrected chi connectivity index (χ1v) is 5.91. The average molecular weight is 285 g/mol. The van der Waals surface area contributed by atoms with Gasteiger partial charge in [0.2, 0.25) is 5.91 Å². The summed E-state index contributed by atoms with van der Waals surface area (Å²) in [5.41, 5.74) is 7.42. The summed E-state index contributed by atoms with van der Waals surface area (Å²) in [7, 11) is 0. The second-order valence-electron chi connectivity index (χ2n) is 4.50. The Morgan fingerprint density at radius 3 is 2.74 bits per heavy atom. The standard InChI is InChI=1S/C13H16N2O3.ClH/c1-8(13(17)18)15-11-5-3-2-4-9(11)6-7-10(14)12(15)16;/h2-5,8,10H,6-7,14H2,1H3,(H,17,18);1H. The molecule has 2 unspecified atom stereocenters. The van der Waals surface area contributed by atoms with Crippen molar-refractivity contribution in [2.24, 2.45) is 5.73 Å². The number of aliphatic carboxylic acids is 1. The van der Waals surface area contributed by atoms with Crippen LogP contribution in [0.2, 0.25) is 0 Å². The van der Waals surface area contributed by atoms with Gasteiger partial charge in [0.1, 0.15) is 6.04 Å². The number of carboxylic acids is 1. The molecule has 5 nitrogen and oxygen atoms in total. The second-order valence-corrected chi connectivity index (χ2v) is 4.50. The van der Waals surface area contributed by atoms with E-state index in [1.165, 1.54) is 11.8 Å². The Morgan fingerprint density at radius 2 is 2.11 bits per heavy atom. The fourth-order valence-corrected chi connectivity index (χ4v) is 2.20. The molecule has 1 heterocycles. The van der Waals surface area contributed by atoms with E-state index in [1.807, 2.05) is 12.1 Å². The molecule has 6 heteroatoms. The molecule has 1 amide bonds. The number of hydrogen-bond donors (Lipinski definition) is 2. The van der Waals surface area contributed by atoms with Crippen LogP contribution in [-0.2, 0) is 16.0 Å². The number of amides is 1. The maximum Gasteiger partial charge on any atom is 0.326 e. The molecule has 0 bridgehead atoms. The molecule has 0 saturated carbocycles. The second kappa shape index (κ2) is 6.04. The van der Waals surface area contributed by atoms with E-state index in [-0.39, 0.29) is 18.3 Å². The van der Waals surface area contributed by atoms with Crippen LogP contribution in [0.15, 0.2) is 24.3 Å². The van der Waals surface area contributed by atoms with Crippen molar-refractivity contribution in [1.29, 1.82) is 0 Å². The number of carbonyl (C=O) groups is 2. The highest BCUT2D eigenvalue weighted by Gasteiger charge is 2.33. The van der Waals surface area contributed by atoms with Crippen LogP contribution in [0.3, 0.4) is 0 Å². The van der Waals surface area contributed by atoms with Crippen molar-refractivity contribution < 1.29 is 14.7 Å². The average Bonchev–Trinajstić information content (AvgIpc) is 2.48. The number of benzene rings is 1. The van der Waals surface area contributed by atoms with Gasteiger partial charge in [-0.05, 0) is 31.4 Å².